The smallest absolute Gasteiger partial charge is 0.123 e. The third-order valence-corrected chi connectivity index (χ3v) is 4.54. The van der Waals surface area contributed by atoms with E-state index in [4.69, 9.17) is 10.1 Å². The lowest BCUT2D eigenvalue weighted by Gasteiger charge is -2.11. The van der Waals surface area contributed by atoms with Gasteiger partial charge in [0.1, 0.15) is 5.82 Å². The van der Waals surface area contributed by atoms with Crippen LogP contribution in [0.3, 0.4) is 0 Å². The lowest BCUT2D eigenvalue weighted by atomic mass is 10.1. The highest BCUT2D eigenvalue weighted by Gasteiger charge is 2.04. The predicted molar refractivity (Wildman–Crippen MR) is 126 cm³/mol. The number of rotatable bonds is 8. The van der Waals surface area contributed by atoms with Gasteiger partial charge in [-0.25, -0.2) is 4.39 Å². The average Bonchev–Trinajstić information content (AvgIpc) is 2.76. The molecule has 0 saturated carbocycles. The number of aliphatic imine (C=N–C) groups is 1. The van der Waals surface area contributed by atoms with Crippen molar-refractivity contribution in [3.63, 3.8) is 0 Å². The average molecular weight is 409 g/mol. The summed E-state index contributed by atoms with van der Waals surface area (Å²) in [6, 6.07) is 14.8. The first kappa shape index (κ1) is 25.2. The fraction of sp³-hybridized carbons (Fsp3) is 0.269. The SMILES string of the molecule is CO.C\C=C/C=C\C(C)=C(/CNCc1ccccc1C)N=C(C)c1ccc(F)cc1. The Bertz CT molecular complexity index is 894. The lowest BCUT2D eigenvalue weighted by molar-refractivity contribution is 0.399. The van der Waals surface area contributed by atoms with Crippen molar-refractivity contribution in [2.45, 2.75) is 34.2 Å². The lowest BCUT2D eigenvalue weighted by Crippen LogP contribution is -2.18. The van der Waals surface area contributed by atoms with Gasteiger partial charge in [-0.1, -0.05) is 60.7 Å². The number of halogens is 1. The Morgan fingerprint density at radius 3 is 2.33 bits per heavy atom. The van der Waals surface area contributed by atoms with E-state index in [0.29, 0.717) is 6.54 Å². The van der Waals surface area contributed by atoms with Crippen LogP contribution < -0.4 is 5.32 Å². The van der Waals surface area contributed by atoms with E-state index < -0.39 is 0 Å². The molecule has 30 heavy (non-hydrogen) atoms. The number of aliphatic hydroxyl groups excluding tert-OH is 1. The number of aryl methyl sites for hydroxylation is 1. The van der Waals surface area contributed by atoms with Crippen molar-refractivity contribution in [2.75, 3.05) is 13.7 Å². The molecule has 0 atom stereocenters. The quantitative estimate of drug-likeness (QED) is 0.432. The predicted octanol–water partition coefficient (Wildman–Crippen LogP) is 5.75. The van der Waals surface area contributed by atoms with Gasteiger partial charge in [0.05, 0.1) is 5.70 Å². The molecule has 160 valence electrons. The first-order valence-electron chi connectivity index (χ1n) is 10.0. The minimum absolute atomic E-state index is 0.238. The zero-order valence-electron chi connectivity index (χ0n) is 18.6. The second-order valence-corrected chi connectivity index (χ2v) is 6.75. The monoisotopic (exact) mass is 408 g/mol. The molecule has 0 saturated heterocycles. The molecule has 0 heterocycles. The molecule has 2 aromatic carbocycles. The molecule has 3 nitrogen and oxygen atoms in total. The van der Waals surface area contributed by atoms with Crippen molar-refractivity contribution < 1.29 is 9.50 Å². The summed E-state index contributed by atoms with van der Waals surface area (Å²) in [5, 5.41) is 10.5. The molecule has 0 radical (unpaired) electrons. The summed E-state index contributed by atoms with van der Waals surface area (Å²) in [6.45, 7) is 9.57. The van der Waals surface area contributed by atoms with Gasteiger partial charge in [0.25, 0.3) is 0 Å². The Balaban J connectivity index is 0.00000218. The molecular formula is C26H33FN2O. The van der Waals surface area contributed by atoms with Gasteiger partial charge in [0, 0.05) is 25.9 Å². The van der Waals surface area contributed by atoms with Crippen LogP contribution in [0.1, 0.15) is 37.5 Å². The molecule has 0 aromatic heterocycles. The molecule has 2 rings (SSSR count). The maximum Gasteiger partial charge on any atom is 0.123 e. The van der Waals surface area contributed by atoms with Crippen LogP contribution >= 0.6 is 0 Å². The van der Waals surface area contributed by atoms with Crippen molar-refractivity contribution in [3.05, 3.63) is 107 Å². The van der Waals surface area contributed by atoms with Gasteiger partial charge >= 0.3 is 0 Å². The number of aliphatic hydroxyl groups is 1. The van der Waals surface area contributed by atoms with Gasteiger partial charge in [0.15, 0.2) is 0 Å². The van der Waals surface area contributed by atoms with Crippen molar-refractivity contribution in [3.8, 4) is 0 Å². The first-order chi connectivity index (χ1) is 14.5. The number of hydrogen-bond donors (Lipinski definition) is 2. The molecule has 0 bridgehead atoms. The molecule has 0 spiro atoms. The molecule has 0 fully saturated rings. The molecule has 0 aliphatic carbocycles. The van der Waals surface area contributed by atoms with Gasteiger partial charge in [-0.15, -0.1) is 0 Å². The van der Waals surface area contributed by atoms with Crippen LogP contribution in [-0.4, -0.2) is 24.5 Å². The minimum Gasteiger partial charge on any atom is -0.400 e. The molecule has 0 aliphatic heterocycles. The van der Waals surface area contributed by atoms with E-state index in [1.54, 1.807) is 12.1 Å². The normalized spacial score (nSPS) is 12.7. The van der Waals surface area contributed by atoms with Crippen molar-refractivity contribution in [1.29, 1.82) is 0 Å². The van der Waals surface area contributed by atoms with Crippen molar-refractivity contribution >= 4 is 5.71 Å². The Kier molecular flexibility index (Phi) is 11.9. The van der Waals surface area contributed by atoms with Gasteiger partial charge in [-0.3, -0.25) is 4.99 Å². The summed E-state index contributed by atoms with van der Waals surface area (Å²) in [5.74, 6) is -0.238. The molecule has 0 unspecified atom stereocenters. The fourth-order valence-corrected chi connectivity index (χ4v) is 2.76. The summed E-state index contributed by atoms with van der Waals surface area (Å²) in [5.41, 5.74) is 6.40. The summed E-state index contributed by atoms with van der Waals surface area (Å²) >= 11 is 0. The van der Waals surface area contributed by atoms with Crippen LogP contribution in [-0.2, 0) is 6.54 Å². The summed E-state index contributed by atoms with van der Waals surface area (Å²) in [6.07, 6.45) is 8.07. The van der Waals surface area contributed by atoms with E-state index >= 15 is 0 Å². The number of nitrogens with zero attached hydrogens (tertiary/aromatic N) is 1. The highest BCUT2D eigenvalue weighted by atomic mass is 19.1. The minimum atomic E-state index is -0.238. The van der Waals surface area contributed by atoms with Gasteiger partial charge < -0.3 is 10.4 Å². The van der Waals surface area contributed by atoms with Gasteiger partial charge in [0.2, 0.25) is 0 Å². The second-order valence-electron chi connectivity index (χ2n) is 6.75. The molecule has 4 heteroatoms. The number of benzene rings is 2. The molecule has 0 aliphatic rings. The third-order valence-electron chi connectivity index (χ3n) is 4.54. The van der Waals surface area contributed by atoms with Gasteiger partial charge in [-0.05, 0) is 62.1 Å². The Labute approximate surface area is 180 Å². The number of allylic oxidation sites excluding steroid dienone is 5. The number of nitrogens with one attached hydrogen (secondary N) is 1. The summed E-state index contributed by atoms with van der Waals surface area (Å²) in [4.78, 5) is 4.84. The van der Waals surface area contributed by atoms with Crippen LogP contribution in [0.15, 0.2) is 89.1 Å². The number of hydrogen-bond acceptors (Lipinski definition) is 3. The highest BCUT2D eigenvalue weighted by Crippen LogP contribution is 2.12. The Hall–Kier alpha value is -2.82. The Morgan fingerprint density at radius 1 is 1.03 bits per heavy atom. The van der Waals surface area contributed by atoms with E-state index in [-0.39, 0.29) is 5.82 Å². The van der Waals surface area contributed by atoms with Crippen molar-refractivity contribution in [2.24, 2.45) is 4.99 Å². The maximum absolute atomic E-state index is 13.2. The van der Waals surface area contributed by atoms with Crippen LogP contribution in [0.2, 0.25) is 0 Å². The Morgan fingerprint density at radius 2 is 1.70 bits per heavy atom. The van der Waals surface area contributed by atoms with E-state index in [1.807, 2.05) is 32.1 Å². The van der Waals surface area contributed by atoms with E-state index in [9.17, 15) is 4.39 Å². The van der Waals surface area contributed by atoms with Crippen LogP contribution in [0.25, 0.3) is 0 Å². The fourth-order valence-electron chi connectivity index (χ4n) is 2.76. The summed E-state index contributed by atoms with van der Waals surface area (Å²) < 4.78 is 13.2. The molecule has 2 N–H and O–H groups in total. The van der Waals surface area contributed by atoms with E-state index in [0.717, 1.165) is 36.2 Å². The van der Waals surface area contributed by atoms with Crippen LogP contribution in [0.5, 0.6) is 0 Å². The zero-order chi connectivity index (χ0) is 22.4. The summed E-state index contributed by atoms with van der Waals surface area (Å²) in [7, 11) is 1.00. The molecular weight excluding hydrogens is 375 g/mol. The van der Waals surface area contributed by atoms with Gasteiger partial charge in [-0.2, -0.15) is 0 Å². The first-order valence-corrected chi connectivity index (χ1v) is 10.0. The van der Waals surface area contributed by atoms with Crippen molar-refractivity contribution in [1.82, 2.24) is 5.32 Å². The van der Waals surface area contributed by atoms with Crippen LogP contribution in [0, 0.1) is 12.7 Å². The third kappa shape index (κ3) is 8.68. The van der Waals surface area contributed by atoms with E-state index in [1.165, 1.54) is 23.3 Å². The zero-order valence-corrected chi connectivity index (χ0v) is 18.6. The van der Waals surface area contributed by atoms with Crippen LogP contribution in [0.4, 0.5) is 4.39 Å². The topological polar surface area (TPSA) is 44.6 Å². The van der Waals surface area contributed by atoms with E-state index in [2.05, 4.69) is 49.5 Å². The molecule has 2 aromatic rings. The molecule has 0 amide bonds. The standard InChI is InChI=1S/C25H29FN2.CH4O/c1-5-6-7-11-20(3)25(18-27-17-23-12-9-8-10-19(23)2)28-21(4)22-13-15-24(26)16-14-22;1-2/h5-16,27H,17-18H2,1-4H3;2H,1H3/b6-5-,11-7-,25-20+,28-21?;. The largest absolute Gasteiger partial charge is 0.400 e. The second kappa shape index (κ2) is 14.2. The maximum atomic E-state index is 13.2. The highest BCUT2D eigenvalue weighted by molar-refractivity contribution is 5.99.